The Hall–Kier alpha value is -2.37. The zero-order valence-electron chi connectivity index (χ0n) is 21.8. The molecule has 4 fully saturated rings. The average Bonchev–Trinajstić information content (AvgIpc) is 3.19. The quantitative estimate of drug-likeness (QED) is 0.367. The SMILES string of the molecule is C[C@]12CC[C@H](O)C[C@@H]1CC[C@H]1C3C[C@H](NNc4ccccc4)/C(=N/Nc4ccccc4)[C@@]3(C)CC[C@@H]12. The number of nitrogens with one attached hydrogen (secondary N) is 3. The fourth-order valence-electron chi connectivity index (χ4n) is 8.73. The second kappa shape index (κ2) is 9.50. The number of hydrogen-bond acceptors (Lipinski definition) is 5. The highest BCUT2D eigenvalue weighted by Gasteiger charge is 2.61. The molecule has 5 heteroatoms. The Morgan fingerprint density at radius 1 is 0.806 bits per heavy atom. The van der Waals surface area contributed by atoms with Gasteiger partial charge in [-0.15, -0.1) is 0 Å². The largest absolute Gasteiger partial charge is 0.393 e. The summed E-state index contributed by atoms with van der Waals surface area (Å²) in [6.07, 6.45) is 9.28. The Morgan fingerprint density at radius 3 is 2.28 bits per heavy atom. The van der Waals surface area contributed by atoms with Gasteiger partial charge < -0.3 is 10.5 Å². The molecule has 4 saturated carbocycles. The van der Waals surface area contributed by atoms with Crippen molar-refractivity contribution in [2.75, 3.05) is 10.9 Å². The smallest absolute Gasteiger partial charge is 0.0669 e. The minimum atomic E-state index is -0.0830. The monoisotopic (exact) mass is 486 g/mol. The molecule has 4 aliphatic carbocycles. The van der Waals surface area contributed by atoms with E-state index in [0.717, 1.165) is 42.5 Å². The summed E-state index contributed by atoms with van der Waals surface area (Å²) in [6, 6.07) is 20.9. The van der Waals surface area contributed by atoms with Crippen molar-refractivity contribution < 1.29 is 5.11 Å². The first kappa shape index (κ1) is 24.0. The number of anilines is 2. The van der Waals surface area contributed by atoms with Crippen LogP contribution in [-0.4, -0.2) is 23.0 Å². The van der Waals surface area contributed by atoms with Crippen molar-refractivity contribution in [3.63, 3.8) is 0 Å². The molecular weight excluding hydrogens is 444 g/mol. The number of hydrazone groups is 1. The summed E-state index contributed by atoms with van der Waals surface area (Å²) in [5, 5.41) is 15.5. The Morgan fingerprint density at radius 2 is 1.53 bits per heavy atom. The van der Waals surface area contributed by atoms with Gasteiger partial charge in [0.2, 0.25) is 0 Å². The van der Waals surface area contributed by atoms with Crippen LogP contribution >= 0.6 is 0 Å². The fourth-order valence-corrected chi connectivity index (χ4v) is 8.73. The highest BCUT2D eigenvalue weighted by atomic mass is 16.3. The van der Waals surface area contributed by atoms with E-state index in [2.05, 4.69) is 78.7 Å². The number of para-hydroxylation sites is 2. The highest BCUT2D eigenvalue weighted by molar-refractivity contribution is 5.97. The number of hydrogen-bond donors (Lipinski definition) is 4. The summed E-state index contributed by atoms with van der Waals surface area (Å²) >= 11 is 0. The van der Waals surface area contributed by atoms with E-state index in [1.54, 1.807) is 0 Å². The maximum absolute atomic E-state index is 10.4. The van der Waals surface area contributed by atoms with Crippen molar-refractivity contribution in [3.8, 4) is 0 Å². The van der Waals surface area contributed by atoms with Crippen molar-refractivity contribution in [2.24, 2.45) is 39.6 Å². The lowest BCUT2D eigenvalue weighted by molar-refractivity contribution is -0.114. The zero-order chi connectivity index (χ0) is 24.8. The first-order valence-corrected chi connectivity index (χ1v) is 14.1. The Labute approximate surface area is 216 Å². The van der Waals surface area contributed by atoms with Gasteiger partial charge in [0.15, 0.2) is 0 Å². The summed E-state index contributed by atoms with van der Waals surface area (Å²) in [6.45, 7) is 5.05. The van der Waals surface area contributed by atoms with Gasteiger partial charge in [0.1, 0.15) is 0 Å². The Balaban J connectivity index is 1.28. The molecule has 2 aromatic carbocycles. The number of hydrazine groups is 1. The Kier molecular flexibility index (Phi) is 6.33. The fraction of sp³-hybridized carbons (Fsp3) is 0.581. The minimum Gasteiger partial charge on any atom is -0.393 e. The van der Waals surface area contributed by atoms with Crippen LogP contribution in [0, 0.1) is 34.5 Å². The third-order valence-electron chi connectivity index (χ3n) is 10.7. The van der Waals surface area contributed by atoms with Gasteiger partial charge in [-0.05, 0) is 105 Å². The van der Waals surface area contributed by atoms with Crippen LogP contribution in [0.5, 0.6) is 0 Å². The topological polar surface area (TPSA) is 68.7 Å². The molecule has 4 N–H and O–H groups in total. The predicted molar refractivity (Wildman–Crippen MR) is 148 cm³/mol. The van der Waals surface area contributed by atoms with E-state index < -0.39 is 0 Å². The van der Waals surface area contributed by atoms with Crippen LogP contribution in [0.4, 0.5) is 11.4 Å². The van der Waals surface area contributed by atoms with E-state index in [4.69, 9.17) is 5.10 Å². The third kappa shape index (κ3) is 4.14. The molecule has 1 unspecified atom stereocenters. The van der Waals surface area contributed by atoms with Gasteiger partial charge in [-0.3, -0.25) is 5.43 Å². The van der Waals surface area contributed by atoms with E-state index in [-0.39, 0.29) is 17.6 Å². The molecule has 0 saturated heterocycles. The molecule has 0 spiro atoms. The van der Waals surface area contributed by atoms with E-state index in [1.165, 1.54) is 37.8 Å². The van der Waals surface area contributed by atoms with E-state index in [0.29, 0.717) is 17.3 Å². The molecule has 0 aromatic heterocycles. The Bertz CT molecular complexity index is 1070. The molecule has 36 heavy (non-hydrogen) atoms. The molecule has 6 rings (SSSR count). The maximum Gasteiger partial charge on any atom is 0.0669 e. The molecule has 5 nitrogen and oxygen atoms in total. The number of nitrogens with zero attached hydrogens (tertiary/aromatic N) is 1. The van der Waals surface area contributed by atoms with Crippen LogP contribution in [0.2, 0.25) is 0 Å². The van der Waals surface area contributed by atoms with Crippen LogP contribution in [0.25, 0.3) is 0 Å². The predicted octanol–water partition coefficient (Wildman–Crippen LogP) is 6.45. The number of aliphatic hydroxyl groups excluding tert-OH is 1. The van der Waals surface area contributed by atoms with Crippen LogP contribution in [-0.2, 0) is 0 Å². The number of fused-ring (bicyclic) bond motifs is 5. The lowest BCUT2D eigenvalue weighted by Crippen LogP contribution is -2.54. The molecule has 0 radical (unpaired) electrons. The third-order valence-corrected chi connectivity index (χ3v) is 10.7. The number of aliphatic hydroxyl groups is 1. The van der Waals surface area contributed by atoms with Crippen molar-refractivity contribution in [2.45, 2.75) is 77.4 Å². The summed E-state index contributed by atoms with van der Waals surface area (Å²) in [5.74, 6) is 2.83. The van der Waals surface area contributed by atoms with Gasteiger partial charge in [-0.2, -0.15) is 5.10 Å². The lowest BCUT2D eigenvalue weighted by Gasteiger charge is -2.60. The van der Waals surface area contributed by atoms with Crippen molar-refractivity contribution in [1.29, 1.82) is 0 Å². The molecule has 192 valence electrons. The summed E-state index contributed by atoms with van der Waals surface area (Å²) in [4.78, 5) is 0. The van der Waals surface area contributed by atoms with Gasteiger partial charge in [0, 0.05) is 11.1 Å². The van der Waals surface area contributed by atoms with Crippen molar-refractivity contribution in [3.05, 3.63) is 60.7 Å². The van der Waals surface area contributed by atoms with Gasteiger partial charge in [-0.25, -0.2) is 5.43 Å². The van der Waals surface area contributed by atoms with Gasteiger partial charge in [0.05, 0.1) is 23.5 Å². The van der Waals surface area contributed by atoms with Crippen LogP contribution in [0.15, 0.2) is 65.8 Å². The summed E-state index contributed by atoms with van der Waals surface area (Å²) in [5.41, 5.74) is 14.4. The zero-order valence-corrected chi connectivity index (χ0v) is 21.8. The van der Waals surface area contributed by atoms with Crippen molar-refractivity contribution in [1.82, 2.24) is 5.43 Å². The van der Waals surface area contributed by atoms with E-state index >= 15 is 0 Å². The minimum absolute atomic E-state index is 0.0830. The number of rotatable bonds is 5. The second-order valence-electron chi connectivity index (χ2n) is 12.4. The normalized spacial score (nSPS) is 40.7. The maximum atomic E-state index is 10.4. The van der Waals surface area contributed by atoms with Crippen LogP contribution in [0.1, 0.15) is 65.2 Å². The molecule has 4 aliphatic rings. The molecule has 0 heterocycles. The molecule has 0 aliphatic heterocycles. The lowest BCUT2D eigenvalue weighted by atomic mass is 9.45. The summed E-state index contributed by atoms with van der Waals surface area (Å²) in [7, 11) is 0. The first-order valence-electron chi connectivity index (χ1n) is 14.1. The average molecular weight is 487 g/mol. The molecule has 8 atom stereocenters. The summed E-state index contributed by atoms with van der Waals surface area (Å²) < 4.78 is 0. The van der Waals surface area contributed by atoms with Gasteiger partial charge in [0.25, 0.3) is 0 Å². The molecule has 0 bridgehead atoms. The highest BCUT2D eigenvalue weighted by Crippen LogP contribution is 2.65. The first-order chi connectivity index (χ1) is 17.5. The molecular formula is C31H42N4O. The standard InChI is InChI=1S/C31H42N4O/c1-30-17-15-24(36)19-21(30)13-14-25-26(30)16-18-31(2)27(25)20-28(34-32-22-9-5-3-6-10-22)29(31)35-33-23-11-7-4-8-12-23/h3-12,21,24-28,32-34,36H,13-20H2,1-2H3/b35-29-/t21-,24-,25+,26-,27?,28-,30-,31-/m0/s1. The van der Waals surface area contributed by atoms with E-state index in [9.17, 15) is 5.11 Å². The van der Waals surface area contributed by atoms with Gasteiger partial charge in [-0.1, -0.05) is 50.2 Å². The van der Waals surface area contributed by atoms with Crippen molar-refractivity contribution >= 4 is 17.1 Å². The van der Waals surface area contributed by atoms with Crippen LogP contribution in [0.3, 0.4) is 0 Å². The second-order valence-corrected chi connectivity index (χ2v) is 12.4. The van der Waals surface area contributed by atoms with Gasteiger partial charge >= 0.3 is 0 Å². The molecule has 2 aromatic rings. The van der Waals surface area contributed by atoms with E-state index in [1.807, 2.05) is 12.1 Å². The van der Waals surface area contributed by atoms with Crippen LogP contribution < -0.4 is 16.3 Å². The molecule has 0 amide bonds. The number of benzene rings is 2.